The average molecular weight is 300 g/mol. The molecular formula is C16H16N2O2S. The highest BCUT2D eigenvalue weighted by Gasteiger charge is 2.33. The van der Waals surface area contributed by atoms with E-state index in [-0.39, 0.29) is 0 Å². The van der Waals surface area contributed by atoms with Crippen LogP contribution in [0.3, 0.4) is 0 Å². The Labute approximate surface area is 126 Å². The summed E-state index contributed by atoms with van der Waals surface area (Å²) < 4.78 is 7.40. The molecule has 0 spiro atoms. The van der Waals surface area contributed by atoms with E-state index >= 15 is 0 Å². The lowest BCUT2D eigenvalue weighted by Gasteiger charge is -2.16. The third-order valence-electron chi connectivity index (χ3n) is 3.97. The molecule has 0 saturated heterocycles. The highest BCUT2D eigenvalue weighted by Crippen LogP contribution is 2.48. The van der Waals surface area contributed by atoms with Crippen LogP contribution < -0.4 is 4.74 Å². The predicted octanol–water partition coefficient (Wildman–Crippen LogP) is 3.36. The Kier molecular flexibility index (Phi) is 2.97. The number of imidazole rings is 1. The largest absolute Gasteiger partial charge is 0.496 e. The molecule has 4 nitrogen and oxygen atoms in total. The van der Waals surface area contributed by atoms with Gasteiger partial charge in [-0.25, -0.2) is 4.98 Å². The second-order valence-electron chi connectivity index (χ2n) is 5.37. The molecule has 1 saturated carbocycles. The van der Waals surface area contributed by atoms with E-state index in [0.717, 1.165) is 16.1 Å². The van der Waals surface area contributed by atoms with Crippen LogP contribution >= 0.6 is 11.3 Å². The lowest BCUT2D eigenvalue weighted by molar-refractivity contribution is 0.208. The minimum absolute atomic E-state index is 0.592. The number of nitrogens with zero attached hydrogens (tertiary/aromatic N) is 2. The van der Waals surface area contributed by atoms with E-state index in [9.17, 15) is 5.11 Å². The van der Waals surface area contributed by atoms with Crippen LogP contribution in [0.25, 0.3) is 4.83 Å². The first kappa shape index (κ1) is 12.9. The third-order valence-corrected chi connectivity index (χ3v) is 5.25. The van der Waals surface area contributed by atoms with Crippen molar-refractivity contribution in [1.82, 2.24) is 9.38 Å². The van der Waals surface area contributed by atoms with Gasteiger partial charge in [0.1, 0.15) is 23.0 Å². The Morgan fingerprint density at radius 2 is 2.19 bits per heavy atom. The first-order valence-corrected chi connectivity index (χ1v) is 7.87. The van der Waals surface area contributed by atoms with E-state index in [4.69, 9.17) is 4.74 Å². The van der Waals surface area contributed by atoms with Gasteiger partial charge in [0.05, 0.1) is 19.0 Å². The summed E-state index contributed by atoms with van der Waals surface area (Å²) >= 11 is 1.74. The number of ether oxygens (including phenoxy) is 1. The van der Waals surface area contributed by atoms with E-state index in [1.807, 2.05) is 34.9 Å². The van der Waals surface area contributed by atoms with Crippen LogP contribution in [0.2, 0.25) is 0 Å². The maximum Gasteiger partial charge on any atom is 0.125 e. The molecule has 1 aromatic carbocycles. The minimum Gasteiger partial charge on any atom is -0.496 e. The van der Waals surface area contributed by atoms with Crippen LogP contribution in [-0.4, -0.2) is 21.6 Å². The molecule has 1 aliphatic rings. The summed E-state index contributed by atoms with van der Waals surface area (Å²) in [5, 5.41) is 10.9. The molecule has 2 heterocycles. The number of hydrogen-bond acceptors (Lipinski definition) is 4. The van der Waals surface area contributed by atoms with Crippen molar-refractivity contribution in [1.29, 1.82) is 0 Å². The van der Waals surface area contributed by atoms with Crippen molar-refractivity contribution in [3.8, 4) is 5.75 Å². The Balaban J connectivity index is 1.88. The topological polar surface area (TPSA) is 46.8 Å². The van der Waals surface area contributed by atoms with Gasteiger partial charge < -0.3 is 9.84 Å². The van der Waals surface area contributed by atoms with E-state index in [1.165, 1.54) is 17.7 Å². The Morgan fingerprint density at radius 3 is 2.95 bits per heavy atom. The van der Waals surface area contributed by atoms with Crippen molar-refractivity contribution < 1.29 is 9.84 Å². The summed E-state index contributed by atoms with van der Waals surface area (Å²) in [7, 11) is 1.63. The second-order valence-corrected chi connectivity index (χ2v) is 6.43. The number of para-hydroxylation sites is 1. The third kappa shape index (κ3) is 2.04. The summed E-state index contributed by atoms with van der Waals surface area (Å²) in [6.07, 6.45) is 5.37. The van der Waals surface area contributed by atoms with Gasteiger partial charge in [0.2, 0.25) is 0 Å². The maximum atomic E-state index is 10.9. The molecular weight excluding hydrogens is 284 g/mol. The molecule has 0 amide bonds. The molecule has 2 aromatic heterocycles. The summed E-state index contributed by atoms with van der Waals surface area (Å²) in [6.45, 7) is 0. The average Bonchev–Trinajstić information content (AvgIpc) is 3.15. The van der Waals surface area contributed by atoms with Gasteiger partial charge in [-0.3, -0.25) is 4.40 Å². The molecule has 108 valence electrons. The Hall–Kier alpha value is -1.85. The summed E-state index contributed by atoms with van der Waals surface area (Å²) in [6, 6.07) is 7.64. The van der Waals surface area contributed by atoms with Gasteiger partial charge in [0.25, 0.3) is 0 Å². The number of aliphatic hydroxyl groups excluding tert-OH is 1. The summed E-state index contributed by atoms with van der Waals surface area (Å²) in [4.78, 5) is 6.56. The van der Waals surface area contributed by atoms with Crippen molar-refractivity contribution >= 4 is 16.2 Å². The number of hydrogen-bond donors (Lipinski definition) is 1. The molecule has 4 rings (SSSR count). The van der Waals surface area contributed by atoms with E-state index in [1.54, 1.807) is 24.8 Å². The summed E-state index contributed by atoms with van der Waals surface area (Å²) in [5.41, 5.74) is 1.75. The number of aliphatic hydroxyl groups is 1. The maximum absolute atomic E-state index is 10.9. The standard InChI is InChI=1S/C16H16N2O2S/c1-20-12-5-3-2-4-11(12)15(19)14-16(10-6-7-10)21-13-8-17-9-18(13)14/h2-5,8-10,15,19H,6-7H2,1H3. The van der Waals surface area contributed by atoms with Crippen LogP contribution in [0.15, 0.2) is 36.8 Å². The van der Waals surface area contributed by atoms with E-state index in [0.29, 0.717) is 11.7 Å². The molecule has 1 fully saturated rings. The number of benzene rings is 1. The molecule has 0 aliphatic heterocycles. The van der Waals surface area contributed by atoms with Crippen molar-refractivity contribution in [2.24, 2.45) is 0 Å². The molecule has 1 aliphatic carbocycles. The van der Waals surface area contributed by atoms with Crippen LogP contribution in [0.1, 0.15) is 41.0 Å². The van der Waals surface area contributed by atoms with Crippen LogP contribution in [0.5, 0.6) is 5.75 Å². The molecule has 1 N–H and O–H groups in total. The van der Waals surface area contributed by atoms with Crippen LogP contribution in [0, 0.1) is 0 Å². The van der Waals surface area contributed by atoms with Crippen LogP contribution in [-0.2, 0) is 0 Å². The fourth-order valence-corrected chi connectivity index (χ4v) is 4.07. The fraction of sp³-hybridized carbons (Fsp3) is 0.312. The minimum atomic E-state index is -0.695. The number of methoxy groups -OCH3 is 1. The lowest BCUT2D eigenvalue weighted by atomic mass is 10.0. The van der Waals surface area contributed by atoms with Gasteiger partial charge >= 0.3 is 0 Å². The monoisotopic (exact) mass is 300 g/mol. The first-order valence-electron chi connectivity index (χ1n) is 7.05. The fourth-order valence-electron chi connectivity index (χ4n) is 2.77. The highest BCUT2D eigenvalue weighted by molar-refractivity contribution is 7.17. The molecule has 21 heavy (non-hydrogen) atoms. The van der Waals surface area contributed by atoms with Crippen molar-refractivity contribution in [2.75, 3.05) is 7.11 Å². The van der Waals surface area contributed by atoms with Crippen LogP contribution in [0.4, 0.5) is 0 Å². The smallest absolute Gasteiger partial charge is 0.125 e. The normalized spacial score (nSPS) is 16.3. The number of thiazole rings is 1. The highest BCUT2D eigenvalue weighted by atomic mass is 32.1. The first-order chi connectivity index (χ1) is 10.3. The quantitative estimate of drug-likeness (QED) is 0.803. The number of fused-ring (bicyclic) bond motifs is 1. The van der Waals surface area contributed by atoms with E-state index in [2.05, 4.69) is 4.98 Å². The zero-order valence-electron chi connectivity index (χ0n) is 11.7. The van der Waals surface area contributed by atoms with E-state index < -0.39 is 6.10 Å². The summed E-state index contributed by atoms with van der Waals surface area (Å²) in [5.74, 6) is 1.31. The van der Waals surface area contributed by atoms with Gasteiger partial charge in [-0.15, -0.1) is 11.3 Å². The molecule has 5 heteroatoms. The van der Waals surface area contributed by atoms with Gasteiger partial charge in [-0.1, -0.05) is 18.2 Å². The second kappa shape index (κ2) is 4.86. The predicted molar refractivity (Wildman–Crippen MR) is 82.1 cm³/mol. The zero-order chi connectivity index (χ0) is 14.4. The number of rotatable bonds is 4. The van der Waals surface area contributed by atoms with Gasteiger partial charge in [0.15, 0.2) is 0 Å². The van der Waals surface area contributed by atoms with Gasteiger partial charge in [-0.2, -0.15) is 0 Å². The van der Waals surface area contributed by atoms with Crippen molar-refractivity contribution in [3.63, 3.8) is 0 Å². The lowest BCUT2D eigenvalue weighted by Crippen LogP contribution is -2.07. The molecule has 1 atom stereocenters. The zero-order valence-corrected chi connectivity index (χ0v) is 12.5. The SMILES string of the molecule is COc1ccccc1C(O)c1c(C2CC2)sc2cncn12. The molecule has 3 aromatic rings. The molecule has 1 unspecified atom stereocenters. The van der Waals surface area contributed by atoms with Crippen molar-refractivity contribution in [2.45, 2.75) is 24.9 Å². The Bertz CT molecular complexity index is 789. The number of aromatic nitrogens is 2. The molecule has 0 radical (unpaired) electrons. The van der Waals surface area contributed by atoms with Gasteiger partial charge in [0, 0.05) is 10.4 Å². The van der Waals surface area contributed by atoms with Gasteiger partial charge in [-0.05, 0) is 24.8 Å². The Morgan fingerprint density at radius 1 is 1.38 bits per heavy atom. The van der Waals surface area contributed by atoms with Crippen molar-refractivity contribution in [3.05, 3.63) is 52.9 Å². The molecule has 0 bridgehead atoms.